The average Bonchev–Trinajstić information content (AvgIpc) is 3.04. The number of aromatic nitrogens is 2. The van der Waals surface area contributed by atoms with Gasteiger partial charge in [-0.3, -0.25) is 14.0 Å². The number of rotatable bonds is 2. The second-order valence-electron chi connectivity index (χ2n) is 5.53. The van der Waals surface area contributed by atoms with Gasteiger partial charge < -0.3 is 10.6 Å². The van der Waals surface area contributed by atoms with Gasteiger partial charge in [0, 0.05) is 17.6 Å². The SMILES string of the molecule is Cc1nc2ccccn2c1C(=O)Nc1ccc2c(c1)CC(=O)N2. The molecule has 1 aliphatic heterocycles. The van der Waals surface area contributed by atoms with Gasteiger partial charge in [0.05, 0.1) is 12.1 Å². The number of imidazole rings is 1. The number of carbonyl (C=O) groups excluding carboxylic acids is 2. The molecule has 0 aliphatic carbocycles. The fraction of sp³-hybridized carbons (Fsp3) is 0.118. The third-order valence-corrected chi connectivity index (χ3v) is 3.91. The van der Waals surface area contributed by atoms with Crippen molar-refractivity contribution in [1.82, 2.24) is 9.38 Å². The summed E-state index contributed by atoms with van der Waals surface area (Å²) in [7, 11) is 0. The third kappa shape index (κ3) is 2.24. The molecule has 6 heteroatoms. The lowest BCUT2D eigenvalue weighted by atomic mass is 10.1. The predicted octanol–water partition coefficient (Wildman–Crippen LogP) is 2.39. The molecule has 0 spiro atoms. The molecule has 0 bridgehead atoms. The number of hydrogen-bond acceptors (Lipinski definition) is 3. The van der Waals surface area contributed by atoms with Crippen molar-refractivity contribution in [3.8, 4) is 0 Å². The number of fused-ring (bicyclic) bond motifs is 2. The van der Waals surface area contributed by atoms with Gasteiger partial charge in [0.25, 0.3) is 5.91 Å². The Bertz CT molecular complexity index is 958. The van der Waals surface area contributed by atoms with Gasteiger partial charge in [0.2, 0.25) is 5.91 Å². The van der Waals surface area contributed by atoms with E-state index in [2.05, 4.69) is 15.6 Å². The van der Waals surface area contributed by atoms with Gasteiger partial charge in [-0.15, -0.1) is 0 Å². The molecular weight excluding hydrogens is 292 g/mol. The zero-order valence-corrected chi connectivity index (χ0v) is 12.5. The maximum Gasteiger partial charge on any atom is 0.274 e. The number of carbonyl (C=O) groups is 2. The first-order valence-electron chi connectivity index (χ1n) is 7.29. The van der Waals surface area contributed by atoms with Crippen molar-refractivity contribution in [3.63, 3.8) is 0 Å². The molecule has 0 saturated carbocycles. The van der Waals surface area contributed by atoms with Crippen LogP contribution in [0.25, 0.3) is 5.65 Å². The van der Waals surface area contributed by atoms with Crippen LogP contribution >= 0.6 is 0 Å². The van der Waals surface area contributed by atoms with Crippen LogP contribution in [0.2, 0.25) is 0 Å². The summed E-state index contributed by atoms with van der Waals surface area (Å²) in [4.78, 5) is 28.4. The van der Waals surface area contributed by atoms with Crippen molar-refractivity contribution in [2.24, 2.45) is 0 Å². The van der Waals surface area contributed by atoms with E-state index < -0.39 is 0 Å². The summed E-state index contributed by atoms with van der Waals surface area (Å²) in [5.41, 5.74) is 4.28. The number of hydrogen-bond donors (Lipinski definition) is 2. The Balaban J connectivity index is 1.66. The molecular formula is C17H14N4O2. The van der Waals surface area contributed by atoms with E-state index in [1.807, 2.05) is 37.4 Å². The first kappa shape index (κ1) is 13.5. The molecule has 3 aromatic rings. The fourth-order valence-electron chi connectivity index (χ4n) is 2.88. The Labute approximate surface area is 132 Å². The molecule has 0 atom stereocenters. The number of nitrogens with one attached hydrogen (secondary N) is 2. The van der Waals surface area contributed by atoms with Crippen molar-refractivity contribution in [2.75, 3.05) is 10.6 Å². The monoisotopic (exact) mass is 306 g/mol. The summed E-state index contributed by atoms with van der Waals surface area (Å²) in [6.45, 7) is 1.81. The average molecular weight is 306 g/mol. The maximum absolute atomic E-state index is 12.6. The third-order valence-electron chi connectivity index (χ3n) is 3.91. The van der Waals surface area contributed by atoms with E-state index in [4.69, 9.17) is 0 Å². The lowest BCUT2D eigenvalue weighted by Gasteiger charge is -2.07. The minimum Gasteiger partial charge on any atom is -0.326 e. The molecule has 2 N–H and O–H groups in total. The van der Waals surface area contributed by atoms with Gasteiger partial charge in [-0.2, -0.15) is 0 Å². The number of benzene rings is 1. The fourth-order valence-corrected chi connectivity index (χ4v) is 2.88. The van der Waals surface area contributed by atoms with Gasteiger partial charge in [0.1, 0.15) is 11.3 Å². The van der Waals surface area contributed by atoms with Crippen molar-refractivity contribution in [1.29, 1.82) is 0 Å². The van der Waals surface area contributed by atoms with Crippen LogP contribution in [-0.4, -0.2) is 21.2 Å². The molecule has 4 rings (SSSR count). The van der Waals surface area contributed by atoms with E-state index in [1.165, 1.54) is 0 Å². The van der Waals surface area contributed by atoms with E-state index >= 15 is 0 Å². The van der Waals surface area contributed by atoms with Gasteiger partial charge in [-0.05, 0) is 42.8 Å². The molecule has 2 amide bonds. The molecule has 1 aliphatic rings. The van der Waals surface area contributed by atoms with E-state index in [-0.39, 0.29) is 11.8 Å². The minimum absolute atomic E-state index is 0.0268. The Kier molecular flexibility index (Phi) is 2.90. The highest BCUT2D eigenvalue weighted by Crippen LogP contribution is 2.26. The molecule has 0 fully saturated rings. The van der Waals surface area contributed by atoms with E-state index in [0.717, 1.165) is 16.9 Å². The number of amides is 2. The first-order chi connectivity index (χ1) is 11.1. The highest BCUT2D eigenvalue weighted by molar-refractivity contribution is 6.05. The standard InChI is InChI=1S/C17H14N4O2/c1-10-16(21-7-3-2-4-14(21)18-10)17(23)19-12-5-6-13-11(8-12)9-15(22)20-13/h2-8H,9H2,1H3,(H,19,23)(H,20,22). The van der Waals surface area contributed by atoms with E-state index in [1.54, 1.807) is 16.5 Å². The molecule has 3 heterocycles. The molecule has 23 heavy (non-hydrogen) atoms. The summed E-state index contributed by atoms with van der Waals surface area (Å²) in [5, 5.41) is 5.66. The van der Waals surface area contributed by atoms with Gasteiger partial charge in [-0.25, -0.2) is 4.98 Å². The predicted molar refractivity (Wildman–Crippen MR) is 86.7 cm³/mol. The normalized spacial score (nSPS) is 13.0. The van der Waals surface area contributed by atoms with Crippen molar-refractivity contribution in [3.05, 3.63) is 59.5 Å². The second kappa shape index (κ2) is 4.95. The molecule has 1 aromatic carbocycles. The summed E-state index contributed by atoms with van der Waals surface area (Å²) in [6.07, 6.45) is 2.16. The zero-order valence-electron chi connectivity index (χ0n) is 12.5. The lowest BCUT2D eigenvalue weighted by Crippen LogP contribution is -2.15. The molecule has 0 radical (unpaired) electrons. The van der Waals surface area contributed by atoms with Gasteiger partial charge >= 0.3 is 0 Å². The van der Waals surface area contributed by atoms with E-state index in [9.17, 15) is 9.59 Å². The quantitative estimate of drug-likeness (QED) is 0.763. The smallest absolute Gasteiger partial charge is 0.274 e. The van der Waals surface area contributed by atoms with Crippen molar-refractivity contribution in [2.45, 2.75) is 13.3 Å². The lowest BCUT2D eigenvalue weighted by molar-refractivity contribution is -0.115. The van der Waals surface area contributed by atoms with Crippen LogP contribution in [0.4, 0.5) is 11.4 Å². The molecule has 6 nitrogen and oxygen atoms in total. The summed E-state index contributed by atoms with van der Waals surface area (Å²) >= 11 is 0. The number of aryl methyl sites for hydroxylation is 1. The van der Waals surface area contributed by atoms with Crippen LogP contribution in [0.1, 0.15) is 21.7 Å². The molecule has 2 aromatic heterocycles. The summed E-state index contributed by atoms with van der Waals surface area (Å²) < 4.78 is 1.77. The largest absolute Gasteiger partial charge is 0.326 e. The Morgan fingerprint density at radius 3 is 3.04 bits per heavy atom. The van der Waals surface area contributed by atoms with Crippen LogP contribution in [0.15, 0.2) is 42.6 Å². The maximum atomic E-state index is 12.6. The molecule has 0 saturated heterocycles. The summed E-state index contributed by atoms with van der Waals surface area (Å²) in [6, 6.07) is 11.0. The number of anilines is 2. The molecule has 114 valence electrons. The number of nitrogens with zero attached hydrogens (tertiary/aromatic N) is 2. The van der Waals surface area contributed by atoms with Crippen LogP contribution in [0, 0.1) is 6.92 Å². The van der Waals surface area contributed by atoms with Crippen LogP contribution in [-0.2, 0) is 11.2 Å². The Morgan fingerprint density at radius 2 is 2.17 bits per heavy atom. The topological polar surface area (TPSA) is 75.5 Å². The Morgan fingerprint density at radius 1 is 1.30 bits per heavy atom. The van der Waals surface area contributed by atoms with Crippen LogP contribution in [0.5, 0.6) is 0 Å². The molecule has 0 unspecified atom stereocenters. The zero-order chi connectivity index (χ0) is 16.0. The van der Waals surface area contributed by atoms with Gasteiger partial charge in [0.15, 0.2) is 0 Å². The van der Waals surface area contributed by atoms with Gasteiger partial charge in [-0.1, -0.05) is 6.07 Å². The second-order valence-corrected chi connectivity index (χ2v) is 5.53. The van der Waals surface area contributed by atoms with Crippen LogP contribution in [0.3, 0.4) is 0 Å². The van der Waals surface area contributed by atoms with Crippen LogP contribution < -0.4 is 10.6 Å². The first-order valence-corrected chi connectivity index (χ1v) is 7.29. The summed E-state index contributed by atoms with van der Waals surface area (Å²) in [5.74, 6) is -0.250. The minimum atomic E-state index is -0.224. The van der Waals surface area contributed by atoms with Crippen molar-refractivity contribution < 1.29 is 9.59 Å². The van der Waals surface area contributed by atoms with E-state index in [0.29, 0.717) is 23.5 Å². The number of pyridine rings is 1. The Hall–Kier alpha value is -3.15. The highest BCUT2D eigenvalue weighted by atomic mass is 16.2. The van der Waals surface area contributed by atoms with Crippen molar-refractivity contribution >= 4 is 28.8 Å². The highest BCUT2D eigenvalue weighted by Gasteiger charge is 2.20.